The molecule has 0 bridgehead atoms. The molecule has 3 amide bonds. The molecule has 0 aliphatic heterocycles. The van der Waals surface area contributed by atoms with Crippen LogP contribution in [0.4, 0.5) is 38.5 Å². The van der Waals surface area contributed by atoms with Crippen LogP contribution >= 0.6 is 35.6 Å². The first-order valence-corrected chi connectivity index (χ1v) is 22.9. The number of benzene rings is 4. The first-order valence-electron chi connectivity index (χ1n) is 22.1. The van der Waals surface area contributed by atoms with Gasteiger partial charge in [-0.25, -0.2) is 46.7 Å². The van der Waals surface area contributed by atoms with Gasteiger partial charge in [0.25, 0.3) is 11.8 Å². The number of amides is 3. The molecule has 3 heterocycles. The Kier molecular flexibility index (Phi) is 19.3. The number of nitrogens with one attached hydrogen (secondary N) is 3. The van der Waals surface area contributed by atoms with Gasteiger partial charge in [0.15, 0.2) is 0 Å². The molecule has 2 aliphatic rings. The summed E-state index contributed by atoms with van der Waals surface area (Å²) in [4.78, 5) is 61.0. The Morgan fingerprint density at radius 3 is 1.69 bits per heavy atom. The van der Waals surface area contributed by atoms with E-state index >= 15 is 0 Å². The standard InChI is InChI=1S/C24H20ClF2N3O4.C16H13ClF2N2O.C11H11N3O3.ClH/c1-33-21-4-2-3-14(28-21)12-34-24(32)30-20-10-7-15-16(6-9-19(27)22(15)20)23(31)29-13-5-8-18(26)17(25)11-13;17-11-7-8(1-4-12(11)18)21-16(22)10-2-5-13(19)15-9(10)3-6-14(15)20;1-16-10-4-2-3-9(13-10)7-17-11(15)14-6-5-12-8-14;/h2-6,8-9,11,20H,7,10,12H2,1H3,(H,29,31)(H,30,32);1-2,4-5,7,14H,3,6,20H2,(H,21,22);2-6,8H,7H2,1H3;1H/t20-;14-;;/m00../s1. The van der Waals surface area contributed by atoms with Crippen molar-refractivity contribution in [1.82, 2.24) is 24.8 Å². The second kappa shape index (κ2) is 25.7. The van der Waals surface area contributed by atoms with E-state index < -0.39 is 47.5 Å². The van der Waals surface area contributed by atoms with E-state index in [0.29, 0.717) is 82.5 Å². The smallest absolute Gasteiger partial charge is 0.419 e. The Bertz CT molecular complexity index is 3160. The lowest BCUT2D eigenvalue weighted by atomic mass is 10.0. The van der Waals surface area contributed by atoms with E-state index in [-0.39, 0.29) is 58.7 Å². The number of imidazole rings is 1. The number of nitrogens with two attached hydrogens (primary N) is 1. The summed E-state index contributed by atoms with van der Waals surface area (Å²) >= 11 is 11.5. The number of methoxy groups -OCH3 is 2. The van der Waals surface area contributed by atoms with E-state index in [1.54, 1.807) is 36.4 Å². The zero-order valence-electron chi connectivity index (χ0n) is 39.2. The molecule has 2 aliphatic carbocycles. The summed E-state index contributed by atoms with van der Waals surface area (Å²) in [5, 5.41) is 7.72. The molecular weight excluding hydrogens is 1030 g/mol. The molecule has 7 aromatic rings. The molecular formula is C51H45Cl3F4N8O8. The number of hydrogen-bond acceptors (Lipinski definition) is 12. The van der Waals surface area contributed by atoms with Gasteiger partial charge in [0.2, 0.25) is 11.8 Å². The van der Waals surface area contributed by atoms with Gasteiger partial charge in [-0.2, -0.15) is 0 Å². The lowest BCUT2D eigenvalue weighted by molar-refractivity contribution is 0.101. The molecule has 0 radical (unpaired) electrons. The van der Waals surface area contributed by atoms with Crippen LogP contribution in [0.3, 0.4) is 0 Å². The van der Waals surface area contributed by atoms with Crippen molar-refractivity contribution in [2.24, 2.45) is 5.73 Å². The number of fused-ring (bicyclic) bond motifs is 2. The number of halogens is 7. The lowest BCUT2D eigenvalue weighted by Gasteiger charge is -2.16. The molecule has 4 aromatic carbocycles. The monoisotopic (exact) mass is 1080 g/mol. The molecule has 2 atom stereocenters. The first-order chi connectivity index (χ1) is 35.1. The first kappa shape index (κ1) is 55.5. The highest BCUT2D eigenvalue weighted by Gasteiger charge is 2.32. The number of alkyl carbamates (subject to hydrolysis) is 1. The van der Waals surface area contributed by atoms with E-state index in [0.717, 1.165) is 6.07 Å². The lowest BCUT2D eigenvalue weighted by Crippen LogP contribution is -2.28. The number of pyridine rings is 2. The van der Waals surface area contributed by atoms with Crippen LogP contribution in [0.2, 0.25) is 10.0 Å². The Hall–Kier alpha value is -7.78. The van der Waals surface area contributed by atoms with E-state index in [2.05, 4.69) is 30.9 Å². The summed E-state index contributed by atoms with van der Waals surface area (Å²) in [5.41, 5.74) is 10.1. The van der Waals surface area contributed by atoms with Gasteiger partial charge in [0, 0.05) is 64.2 Å². The SMILES string of the molecule is COc1cccc(COC(=O)N[C@H]2CCc3c(C(=O)Nc4ccc(F)c(Cl)c4)ccc(F)c32)n1.COc1cccc(COC(=O)n2ccnc2)n1.Cl.N[C@H]1CCc2c(C(=O)Nc3ccc(F)c(Cl)c3)ccc(F)c21. The minimum atomic E-state index is -0.738. The van der Waals surface area contributed by atoms with Crippen molar-refractivity contribution < 1.29 is 55.7 Å². The zero-order chi connectivity index (χ0) is 52.2. The minimum Gasteiger partial charge on any atom is -0.481 e. The van der Waals surface area contributed by atoms with Gasteiger partial charge in [-0.3, -0.25) is 9.59 Å². The van der Waals surface area contributed by atoms with Crippen molar-refractivity contribution >= 4 is 71.0 Å². The molecule has 16 nitrogen and oxygen atoms in total. The molecule has 386 valence electrons. The molecule has 9 rings (SSSR count). The number of anilines is 2. The quantitative estimate of drug-likeness (QED) is 0.0892. The maximum Gasteiger partial charge on any atom is 0.419 e. The molecule has 3 aromatic heterocycles. The van der Waals surface area contributed by atoms with Gasteiger partial charge in [0.05, 0.1) is 41.7 Å². The highest BCUT2D eigenvalue weighted by Crippen LogP contribution is 2.37. The van der Waals surface area contributed by atoms with Crippen molar-refractivity contribution in [3.8, 4) is 11.8 Å². The number of hydrogen-bond donors (Lipinski definition) is 4. The minimum absolute atomic E-state index is 0. The second-order valence-corrected chi connectivity index (χ2v) is 16.8. The predicted octanol–water partition coefficient (Wildman–Crippen LogP) is 10.9. The fraction of sp³-hybridized carbons (Fsp3) is 0.196. The Morgan fingerprint density at radius 2 is 1.18 bits per heavy atom. The summed E-state index contributed by atoms with van der Waals surface area (Å²) < 4.78 is 76.5. The van der Waals surface area contributed by atoms with E-state index in [9.17, 15) is 36.7 Å². The molecule has 23 heteroatoms. The molecule has 0 saturated heterocycles. The fourth-order valence-corrected chi connectivity index (χ4v) is 8.15. The van der Waals surface area contributed by atoms with Gasteiger partial charge in [-0.15, -0.1) is 12.4 Å². The number of nitrogens with zero attached hydrogens (tertiary/aromatic N) is 4. The number of aromatic nitrogens is 4. The maximum absolute atomic E-state index is 14.7. The van der Waals surface area contributed by atoms with Crippen LogP contribution in [0.15, 0.2) is 116 Å². The van der Waals surface area contributed by atoms with Crippen molar-refractivity contribution in [3.63, 3.8) is 0 Å². The van der Waals surface area contributed by atoms with Gasteiger partial charge in [0.1, 0.15) is 42.8 Å². The largest absolute Gasteiger partial charge is 0.481 e. The van der Waals surface area contributed by atoms with Crippen molar-refractivity contribution in [2.75, 3.05) is 24.9 Å². The van der Waals surface area contributed by atoms with Crippen LogP contribution < -0.4 is 31.2 Å². The van der Waals surface area contributed by atoms with Gasteiger partial charge >= 0.3 is 12.2 Å². The number of carbonyl (C=O) groups excluding carboxylic acids is 4. The fourth-order valence-electron chi connectivity index (χ4n) is 7.78. The third-order valence-corrected chi connectivity index (χ3v) is 11.8. The van der Waals surface area contributed by atoms with Gasteiger partial charge in [-0.05, 0) is 110 Å². The summed E-state index contributed by atoms with van der Waals surface area (Å²) in [6, 6.07) is 22.2. The highest BCUT2D eigenvalue weighted by atomic mass is 35.5. The van der Waals surface area contributed by atoms with Crippen LogP contribution in [0, 0.1) is 23.3 Å². The number of carbonyl (C=O) groups is 4. The molecule has 74 heavy (non-hydrogen) atoms. The second-order valence-electron chi connectivity index (χ2n) is 16.0. The molecule has 0 fully saturated rings. The van der Waals surface area contributed by atoms with E-state index in [1.165, 1.54) is 92.1 Å². The van der Waals surface area contributed by atoms with Crippen LogP contribution in [0.25, 0.3) is 0 Å². The number of rotatable bonds is 11. The average Bonchev–Trinajstić information content (AvgIpc) is 4.18. The Balaban J connectivity index is 0.000000192. The summed E-state index contributed by atoms with van der Waals surface area (Å²) in [7, 11) is 3.01. The normalized spacial score (nSPS) is 13.7. The van der Waals surface area contributed by atoms with Crippen LogP contribution in [0.5, 0.6) is 11.8 Å². The van der Waals surface area contributed by atoms with E-state index in [4.69, 9.17) is 47.9 Å². The van der Waals surface area contributed by atoms with Crippen LogP contribution in [-0.4, -0.2) is 57.7 Å². The van der Waals surface area contributed by atoms with Crippen molar-refractivity contribution in [1.29, 1.82) is 0 Å². The maximum atomic E-state index is 14.7. The van der Waals surface area contributed by atoms with E-state index in [1.807, 2.05) is 0 Å². The third kappa shape index (κ3) is 14.0. The van der Waals surface area contributed by atoms with Crippen molar-refractivity contribution in [2.45, 2.75) is 51.0 Å². The molecule has 0 spiro atoms. The molecule has 0 saturated carbocycles. The summed E-state index contributed by atoms with van der Waals surface area (Å²) in [6.07, 6.45) is 5.10. The van der Waals surface area contributed by atoms with Crippen LogP contribution in [0.1, 0.15) is 79.3 Å². The Labute approximate surface area is 436 Å². The number of ether oxygens (including phenoxy) is 4. The third-order valence-electron chi connectivity index (χ3n) is 11.2. The average molecular weight is 1080 g/mol. The van der Waals surface area contributed by atoms with Gasteiger partial charge < -0.3 is 40.6 Å². The summed E-state index contributed by atoms with van der Waals surface area (Å²) in [6.45, 7) is 0.00197. The van der Waals surface area contributed by atoms with Gasteiger partial charge in [-0.1, -0.05) is 35.3 Å². The zero-order valence-corrected chi connectivity index (χ0v) is 41.5. The topological polar surface area (TPSA) is 211 Å². The predicted molar refractivity (Wildman–Crippen MR) is 268 cm³/mol. The Morgan fingerprint density at radius 1 is 0.676 bits per heavy atom. The molecule has 5 N–H and O–H groups in total. The highest BCUT2D eigenvalue weighted by molar-refractivity contribution is 6.31. The summed E-state index contributed by atoms with van der Waals surface area (Å²) in [5.74, 6) is -2.10. The van der Waals surface area contributed by atoms with Crippen LogP contribution in [-0.2, 0) is 35.5 Å². The molecule has 0 unspecified atom stereocenters. The van der Waals surface area contributed by atoms with Crippen molar-refractivity contribution in [3.05, 3.63) is 194 Å².